The second kappa shape index (κ2) is 8.57. The summed E-state index contributed by atoms with van der Waals surface area (Å²) in [5, 5.41) is 8.02. The van der Waals surface area contributed by atoms with E-state index >= 15 is 0 Å². The first kappa shape index (κ1) is 19.4. The molecule has 7 heteroatoms. The Labute approximate surface area is 164 Å². The molecule has 1 fully saturated rings. The van der Waals surface area contributed by atoms with Gasteiger partial charge in [-0.05, 0) is 50.5 Å². The molecule has 6 nitrogen and oxygen atoms in total. The molecule has 0 unspecified atom stereocenters. The van der Waals surface area contributed by atoms with Gasteiger partial charge in [-0.15, -0.1) is 0 Å². The molecule has 0 aliphatic carbocycles. The summed E-state index contributed by atoms with van der Waals surface area (Å²) in [5.74, 6) is -0.109. The van der Waals surface area contributed by atoms with Crippen LogP contribution >= 0.6 is 11.6 Å². The molecule has 2 aromatic rings. The molecule has 2 heterocycles. The van der Waals surface area contributed by atoms with Gasteiger partial charge in [0.1, 0.15) is 6.54 Å². The maximum absolute atomic E-state index is 12.5. The van der Waals surface area contributed by atoms with Crippen LogP contribution in [0.2, 0.25) is 5.02 Å². The predicted molar refractivity (Wildman–Crippen MR) is 105 cm³/mol. The third-order valence-electron chi connectivity index (χ3n) is 4.93. The minimum absolute atomic E-state index is 0.0117. The van der Waals surface area contributed by atoms with Crippen molar-refractivity contribution < 1.29 is 9.59 Å². The number of rotatable bonds is 6. The van der Waals surface area contributed by atoms with Crippen LogP contribution in [0.4, 0.5) is 0 Å². The number of carbonyl (C=O) groups excluding carboxylic acids is 2. The number of carbonyl (C=O) groups is 2. The van der Waals surface area contributed by atoms with Crippen molar-refractivity contribution in [2.24, 2.45) is 5.92 Å². The third kappa shape index (κ3) is 5.10. The summed E-state index contributed by atoms with van der Waals surface area (Å²) in [7, 11) is 0. The highest BCUT2D eigenvalue weighted by Crippen LogP contribution is 2.17. The van der Waals surface area contributed by atoms with Crippen molar-refractivity contribution in [3.8, 4) is 0 Å². The van der Waals surface area contributed by atoms with Gasteiger partial charge >= 0.3 is 0 Å². The van der Waals surface area contributed by atoms with Crippen molar-refractivity contribution in [3.63, 3.8) is 0 Å². The summed E-state index contributed by atoms with van der Waals surface area (Å²) < 4.78 is 1.72. The smallest absolute Gasteiger partial charge is 0.244 e. The molecular formula is C20H25ClN4O2. The number of hydrogen-bond acceptors (Lipinski definition) is 3. The summed E-state index contributed by atoms with van der Waals surface area (Å²) in [6, 6.07) is 9.57. The minimum atomic E-state index is -0.139. The molecule has 1 aromatic heterocycles. The second-order valence-electron chi connectivity index (χ2n) is 7.08. The number of likely N-dealkylation sites (tertiary alicyclic amines) is 1. The van der Waals surface area contributed by atoms with Crippen LogP contribution in [0.25, 0.3) is 0 Å². The monoisotopic (exact) mass is 388 g/mol. The number of nitrogens with one attached hydrogen (secondary N) is 1. The first-order valence-corrected chi connectivity index (χ1v) is 9.61. The lowest BCUT2D eigenvalue weighted by molar-refractivity contribution is -0.131. The highest BCUT2D eigenvalue weighted by atomic mass is 35.5. The molecule has 1 atom stereocenters. The summed E-state index contributed by atoms with van der Waals surface area (Å²) in [4.78, 5) is 26.6. The van der Waals surface area contributed by atoms with Gasteiger partial charge in [0.05, 0.1) is 11.6 Å². The number of aryl methyl sites for hydroxylation is 2. The molecule has 3 rings (SSSR count). The first-order chi connectivity index (χ1) is 12.9. The van der Waals surface area contributed by atoms with Crippen LogP contribution in [0.15, 0.2) is 30.3 Å². The molecular weight excluding hydrogens is 364 g/mol. The number of nitrogens with zero attached hydrogens (tertiary/aromatic N) is 3. The Morgan fingerprint density at radius 2 is 2.00 bits per heavy atom. The van der Waals surface area contributed by atoms with Gasteiger partial charge < -0.3 is 10.2 Å². The van der Waals surface area contributed by atoms with E-state index in [-0.39, 0.29) is 24.3 Å². The fourth-order valence-electron chi connectivity index (χ4n) is 3.39. The van der Waals surface area contributed by atoms with E-state index in [0.29, 0.717) is 31.1 Å². The van der Waals surface area contributed by atoms with E-state index in [2.05, 4.69) is 10.4 Å². The van der Waals surface area contributed by atoms with Gasteiger partial charge in [0.25, 0.3) is 0 Å². The standard InChI is InChI=1S/C20H25ClN4O2/c1-14-11-15(2)25(23-14)13-19(26)24-10-8-17(12-24)20(27)22-9-7-16-3-5-18(21)6-4-16/h3-6,11,17H,7-10,12-13H2,1-2H3,(H,22,27)/t17-/m1/s1. The zero-order chi connectivity index (χ0) is 19.4. The van der Waals surface area contributed by atoms with Crippen molar-refractivity contribution in [3.05, 3.63) is 52.3 Å². The fraction of sp³-hybridized carbons (Fsp3) is 0.450. The molecule has 1 N–H and O–H groups in total. The lowest BCUT2D eigenvalue weighted by Gasteiger charge is -2.17. The number of halogens is 1. The van der Waals surface area contributed by atoms with Gasteiger partial charge in [0.15, 0.2) is 0 Å². The Balaban J connectivity index is 1.44. The van der Waals surface area contributed by atoms with Crippen LogP contribution in [0.3, 0.4) is 0 Å². The lowest BCUT2D eigenvalue weighted by atomic mass is 10.1. The quantitative estimate of drug-likeness (QED) is 0.826. The van der Waals surface area contributed by atoms with E-state index in [1.54, 1.807) is 9.58 Å². The molecule has 0 saturated carbocycles. The van der Waals surface area contributed by atoms with Gasteiger partial charge in [-0.25, -0.2) is 0 Å². The Morgan fingerprint density at radius 3 is 2.67 bits per heavy atom. The molecule has 1 aromatic carbocycles. The van der Waals surface area contributed by atoms with Crippen LogP contribution in [0.1, 0.15) is 23.4 Å². The summed E-state index contributed by atoms with van der Waals surface area (Å²) in [6.45, 7) is 5.75. The largest absolute Gasteiger partial charge is 0.355 e. The van der Waals surface area contributed by atoms with E-state index in [9.17, 15) is 9.59 Å². The summed E-state index contributed by atoms with van der Waals surface area (Å²) >= 11 is 5.87. The van der Waals surface area contributed by atoms with Gasteiger partial charge in [-0.3, -0.25) is 14.3 Å². The number of amides is 2. The normalized spacial score (nSPS) is 16.6. The molecule has 1 aliphatic heterocycles. The Hall–Kier alpha value is -2.34. The number of aromatic nitrogens is 2. The molecule has 144 valence electrons. The predicted octanol–water partition coefficient (Wildman–Crippen LogP) is 2.36. The zero-order valence-electron chi connectivity index (χ0n) is 15.7. The highest BCUT2D eigenvalue weighted by Gasteiger charge is 2.31. The topological polar surface area (TPSA) is 67.2 Å². The molecule has 1 saturated heterocycles. The molecule has 2 amide bonds. The first-order valence-electron chi connectivity index (χ1n) is 9.23. The number of hydrogen-bond donors (Lipinski definition) is 1. The molecule has 0 radical (unpaired) electrons. The van der Waals surface area contributed by atoms with Gasteiger partial charge in [-0.2, -0.15) is 5.10 Å². The number of benzene rings is 1. The van der Waals surface area contributed by atoms with E-state index < -0.39 is 0 Å². The van der Waals surface area contributed by atoms with Gasteiger partial charge in [0.2, 0.25) is 11.8 Å². The second-order valence-corrected chi connectivity index (χ2v) is 7.51. The fourth-order valence-corrected chi connectivity index (χ4v) is 3.52. The van der Waals surface area contributed by atoms with Crippen LogP contribution in [0.5, 0.6) is 0 Å². The lowest BCUT2D eigenvalue weighted by Crippen LogP contribution is -2.36. The maximum Gasteiger partial charge on any atom is 0.244 e. The Kier molecular flexibility index (Phi) is 6.16. The van der Waals surface area contributed by atoms with Crippen LogP contribution in [-0.2, 0) is 22.6 Å². The molecule has 0 spiro atoms. The van der Waals surface area contributed by atoms with E-state index in [1.807, 2.05) is 44.2 Å². The molecule has 1 aliphatic rings. The summed E-state index contributed by atoms with van der Waals surface area (Å²) in [5.41, 5.74) is 3.00. The van der Waals surface area contributed by atoms with E-state index in [1.165, 1.54) is 0 Å². The SMILES string of the molecule is Cc1cc(C)n(CC(=O)N2CC[C@@H](C(=O)NCCc3ccc(Cl)cc3)C2)n1. The minimum Gasteiger partial charge on any atom is -0.355 e. The van der Waals surface area contributed by atoms with Crippen molar-refractivity contribution in [2.75, 3.05) is 19.6 Å². The van der Waals surface area contributed by atoms with Gasteiger partial charge in [0, 0.05) is 30.4 Å². The van der Waals surface area contributed by atoms with Crippen molar-refractivity contribution >= 4 is 23.4 Å². The average molecular weight is 389 g/mol. The van der Waals surface area contributed by atoms with E-state index in [4.69, 9.17) is 11.6 Å². The zero-order valence-corrected chi connectivity index (χ0v) is 16.5. The van der Waals surface area contributed by atoms with Crippen LogP contribution < -0.4 is 5.32 Å². The van der Waals surface area contributed by atoms with Crippen LogP contribution in [-0.4, -0.2) is 46.1 Å². The van der Waals surface area contributed by atoms with Crippen LogP contribution in [0, 0.1) is 19.8 Å². The highest BCUT2D eigenvalue weighted by molar-refractivity contribution is 6.30. The van der Waals surface area contributed by atoms with Crippen molar-refractivity contribution in [1.29, 1.82) is 0 Å². The third-order valence-corrected chi connectivity index (χ3v) is 5.18. The van der Waals surface area contributed by atoms with Crippen molar-refractivity contribution in [2.45, 2.75) is 33.2 Å². The summed E-state index contributed by atoms with van der Waals surface area (Å²) in [6.07, 6.45) is 1.46. The Morgan fingerprint density at radius 1 is 1.26 bits per heavy atom. The maximum atomic E-state index is 12.5. The van der Waals surface area contributed by atoms with E-state index in [0.717, 1.165) is 23.4 Å². The van der Waals surface area contributed by atoms with Crippen molar-refractivity contribution in [1.82, 2.24) is 20.0 Å². The molecule has 27 heavy (non-hydrogen) atoms. The average Bonchev–Trinajstić information content (AvgIpc) is 3.24. The molecule has 0 bridgehead atoms. The Bertz CT molecular complexity index is 816. The van der Waals surface area contributed by atoms with Gasteiger partial charge in [-0.1, -0.05) is 23.7 Å².